The van der Waals surface area contributed by atoms with Gasteiger partial charge in [0.25, 0.3) is 0 Å². The van der Waals surface area contributed by atoms with Crippen molar-refractivity contribution >= 4 is 17.9 Å². The van der Waals surface area contributed by atoms with E-state index in [4.69, 9.17) is 9.15 Å². The van der Waals surface area contributed by atoms with Crippen LogP contribution in [0.3, 0.4) is 0 Å². The summed E-state index contributed by atoms with van der Waals surface area (Å²) in [7, 11) is 1.54. The molecule has 0 aliphatic heterocycles. The van der Waals surface area contributed by atoms with Crippen LogP contribution >= 0.6 is 0 Å². The lowest BCUT2D eigenvalue weighted by Crippen LogP contribution is -2.11. The standard InChI is InChI=1S/C17H19NO4/c1-3-4-5-17(20)18-14-8-6-12(10-16(14)21-2)15-9-7-13(11-19)22-15/h6-11H,3-5H2,1-2H3,(H,18,20). The Labute approximate surface area is 129 Å². The number of benzene rings is 1. The largest absolute Gasteiger partial charge is 0.495 e. The molecule has 22 heavy (non-hydrogen) atoms. The summed E-state index contributed by atoms with van der Waals surface area (Å²) in [5.41, 5.74) is 1.39. The Balaban J connectivity index is 2.20. The molecular weight excluding hydrogens is 282 g/mol. The molecule has 0 radical (unpaired) electrons. The van der Waals surface area contributed by atoms with Crippen LogP contribution in [0.5, 0.6) is 5.75 Å². The first-order chi connectivity index (χ1) is 10.7. The lowest BCUT2D eigenvalue weighted by Gasteiger charge is -2.11. The van der Waals surface area contributed by atoms with E-state index in [9.17, 15) is 9.59 Å². The van der Waals surface area contributed by atoms with Crippen molar-refractivity contribution in [2.45, 2.75) is 26.2 Å². The Bertz CT molecular complexity index is 660. The number of unbranched alkanes of at least 4 members (excludes halogenated alkanes) is 1. The Morgan fingerprint density at radius 1 is 1.32 bits per heavy atom. The maximum absolute atomic E-state index is 11.8. The minimum Gasteiger partial charge on any atom is -0.495 e. The predicted octanol–water partition coefficient (Wildman–Crippen LogP) is 3.90. The second-order valence-electron chi connectivity index (χ2n) is 4.89. The van der Waals surface area contributed by atoms with Crippen LogP contribution in [-0.4, -0.2) is 19.3 Å². The number of nitrogens with one attached hydrogen (secondary N) is 1. The highest BCUT2D eigenvalue weighted by Crippen LogP contribution is 2.31. The van der Waals surface area contributed by atoms with Gasteiger partial charge in [-0.05, 0) is 36.8 Å². The van der Waals surface area contributed by atoms with Crippen molar-refractivity contribution in [1.29, 1.82) is 0 Å². The van der Waals surface area contributed by atoms with Gasteiger partial charge < -0.3 is 14.5 Å². The second-order valence-corrected chi connectivity index (χ2v) is 4.89. The van der Waals surface area contributed by atoms with Gasteiger partial charge in [-0.2, -0.15) is 0 Å². The monoisotopic (exact) mass is 301 g/mol. The number of carbonyl (C=O) groups is 2. The number of hydrogen-bond donors (Lipinski definition) is 1. The molecule has 1 N–H and O–H groups in total. The second kappa shape index (κ2) is 7.45. The summed E-state index contributed by atoms with van der Waals surface area (Å²) in [5, 5.41) is 2.84. The molecule has 5 heteroatoms. The molecule has 0 spiro atoms. The zero-order valence-electron chi connectivity index (χ0n) is 12.7. The topological polar surface area (TPSA) is 68.5 Å². The minimum atomic E-state index is -0.0332. The predicted molar refractivity (Wildman–Crippen MR) is 84.2 cm³/mol. The molecule has 0 aliphatic carbocycles. The van der Waals surface area contributed by atoms with Crippen molar-refractivity contribution in [2.75, 3.05) is 12.4 Å². The first-order valence-electron chi connectivity index (χ1n) is 7.21. The molecule has 1 heterocycles. The molecule has 0 unspecified atom stereocenters. The molecular formula is C17H19NO4. The van der Waals surface area contributed by atoms with Crippen LogP contribution in [-0.2, 0) is 4.79 Å². The van der Waals surface area contributed by atoms with Crippen LogP contribution in [0, 0.1) is 0 Å². The number of carbonyl (C=O) groups excluding carboxylic acids is 2. The zero-order chi connectivity index (χ0) is 15.9. The molecule has 2 aromatic rings. The van der Waals surface area contributed by atoms with E-state index in [0.29, 0.717) is 29.9 Å². The summed E-state index contributed by atoms with van der Waals surface area (Å²) >= 11 is 0. The molecule has 1 aromatic carbocycles. The SMILES string of the molecule is CCCCC(=O)Nc1ccc(-c2ccc(C=O)o2)cc1OC. The van der Waals surface area contributed by atoms with Crippen LogP contribution in [0.25, 0.3) is 11.3 Å². The third-order valence-electron chi connectivity index (χ3n) is 3.26. The van der Waals surface area contributed by atoms with Gasteiger partial charge in [-0.1, -0.05) is 13.3 Å². The smallest absolute Gasteiger partial charge is 0.224 e. The van der Waals surface area contributed by atoms with Gasteiger partial charge in [0.2, 0.25) is 5.91 Å². The fraction of sp³-hybridized carbons (Fsp3) is 0.294. The fourth-order valence-corrected chi connectivity index (χ4v) is 2.07. The number of methoxy groups -OCH3 is 1. The third kappa shape index (κ3) is 3.75. The maximum Gasteiger partial charge on any atom is 0.224 e. The highest BCUT2D eigenvalue weighted by molar-refractivity contribution is 5.92. The van der Waals surface area contributed by atoms with Crippen molar-refractivity contribution < 1.29 is 18.7 Å². The average Bonchev–Trinajstić information content (AvgIpc) is 3.02. The van der Waals surface area contributed by atoms with Gasteiger partial charge in [0.15, 0.2) is 12.0 Å². The van der Waals surface area contributed by atoms with Gasteiger partial charge >= 0.3 is 0 Å². The van der Waals surface area contributed by atoms with E-state index in [2.05, 4.69) is 5.32 Å². The van der Waals surface area contributed by atoms with Crippen LogP contribution in [0.15, 0.2) is 34.7 Å². The molecule has 0 bridgehead atoms. The quantitative estimate of drug-likeness (QED) is 0.788. The van der Waals surface area contributed by atoms with Crippen LogP contribution in [0.2, 0.25) is 0 Å². The molecule has 0 saturated carbocycles. The van der Waals surface area contributed by atoms with Gasteiger partial charge in [-0.15, -0.1) is 0 Å². The van der Waals surface area contributed by atoms with Crippen molar-refractivity contribution in [3.05, 3.63) is 36.1 Å². The van der Waals surface area contributed by atoms with Gasteiger partial charge in [0, 0.05) is 12.0 Å². The summed E-state index contributed by atoms with van der Waals surface area (Å²) in [5.74, 6) is 1.36. The van der Waals surface area contributed by atoms with Gasteiger partial charge in [-0.3, -0.25) is 9.59 Å². The van der Waals surface area contributed by atoms with Crippen LogP contribution in [0.1, 0.15) is 36.7 Å². The van der Waals surface area contributed by atoms with E-state index in [1.54, 1.807) is 31.4 Å². The van der Waals surface area contributed by atoms with Gasteiger partial charge in [-0.25, -0.2) is 0 Å². The first kappa shape index (κ1) is 15.8. The molecule has 0 atom stereocenters. The summed E-state index contributed by atoms with van der Waals surface area (Å²) in [6.45, 7) is 2.04. The Morgan fingerprint density at radius 2 is 2.14 bits per heavy atom. The summed E-state index contributed by atoms with van der Waals surface area (Å²) < 4.78 is 10.7. The molecule has 1 aromatic heterocycles. The van der Waals surface area contributed by atoms with E-state index < -0.39 is 0 Å². The maximum atomic E-state index is 11.8. The van der Waals surface area contributed by atoms with Gasteiger partial charge in [0.05, 0.1) is 12.8 Å². The number of hydrogen-bond acceptors (Lipinski definition) is 4. The molecule has 2 rings (SSSR count). The van der Waals surface area contributed by atoms with Crippen LogP contribution < -0.4 is 10.1 Å². The highest BCUT2D eigenvalue weighted by Gasteiger charge is 2.11. The summed E-state index contributed by atoms with van der Waals surface area (Å²) in [4.78, 5) is 22.5. The number of furan rings is 1. The Kier molecular flexibility index (Phi) is 5.36. The zero-order valence-corrected chi connectivity index (χ0v) is 12.7. The van der Waals surface area contributed by atoms with Crippen molar-refractivity contribution in [3.8, 4) is 17.1 Å². The fourth-order valence-electron chi connectivity index (χ4n) is 2.07. The van der Waals surface area contributed by atoms with Gasteiger partial charge in [0.1, 0.15) is 11.5 Å². The number of anilines is 1. The number of aldehydes is 1. The average molecular weight is 301 g/mol. The molecule has 5 nitrogen and oxygen atoms in total. The lowest BCUT2D eigenvalue weighted by atomic mass is 10.1. The molecule has 116 valence electrons. The molecule has 0 fully saturated rings. The Morgan fingerprint density at radius 3 is 2.77 bits per heavy atom. The normalized spacial score (nSPS) is 10.3. The van der Waals surface area contributed by atoms with Crippen molar-refractivity contribution in [3.63, 3.8) is 0 Å². The van der Waals surface area contributed by atoms with E-state index in [0.717, 1.165) is 18.4 Å². The number of ether oxygens (including phenoxy) is 1. The molecule has 1 amide bonds. The van der Waals surface area contributed by atoms with E-state index in [-0.39, 0.29) is 11.7 Å². The minimum absolute atomic E-state index is 0.0332. The number of amides is 1. The third-order valence-corrected chi connectivity index (χ3v) is 3.26. The van der Waals surface area contributed by atoms with E-state index in [1.807, 2.05) is 13.0 Å². The Hall–Kier alpha value is -2.56. The summed E-state index contributed by atoms with van der Waals surface area (Å²) in [6, 6.07) is 8.67. The molecule has 0 saturated heterocycles. The van der Waals surface area contributed by atoms with E-state index >= 15 is 0 Å². The summed E-state index contributed by atoms with van der Waals surface area (Å²) in [6.07, 6.45) is 2.97. The highest BCUT2D eigenvalue weighted by atomic mass is 16.5. The van der Waals surface area contributed by atoms with Crippen LogP contribution in [0.4, 0.5) is 5.69 Å². The molecule has 0 aliphatic rings. The lowest BCUT2D eigenvalue weighted by molar-refractivity contribution is -0.116. The van der Waals surface area contributed by atoms with E-state index in [1.165, 1.54) is 0 Å². The number of rotatable bonds is 7. The van der Waals surface area contributed by atoms with Crippen molar-refractivity contribution in [1.82, 2.24) is 0 Å². The first-order valence-corrected chi connectivity index (χ1v) is 7.21. The van der Waals surface area contributed by atoms with Crippen molar-refractivity contribution in [2.24, 2.45) is 0 Å².